The number of likely N-dealkylation sites (tertiary alicyclic amines) is 1. The van der Waals surface area contributed by atoms with Crippen LogP contribution >= 0.6 is 0 Å². The minimum absolute atomic E-state index is 0.0253. The van der Waals surface area contributed by atoms with E-state index in [-0.39, 0.29) is 23.7 Å². The molecule has 3 heteroatoms. The van der Waals surface area contributed by atoms with Gasteiger partial charge in [-0.1, -0.05) is 12.2 Å². The highest BCUT2D eigenvalue weighted by Crippen LogP contribution is 2.31. The number of amides is 2. The Morgan fingerprint density at radius 1 is 1.27 bits per heavy atom. The molecular formula is C8H9NO2. The van der Waals surface area contributed by atoms with Crippen LogP contribution in [0, 0.1) is 11.8 Å². The number of carbonyl (C=O) groups excluding carboxylic acids is 2. The fraction of sp³-hybridized carbons (Fsp3) is 0.500. The Morgan fingerprint density at radius 2 is 1.73 bits per heavy atom. The maximum atomic E-state index is 11.2. The van der Waals surface area contributed by atoms with Gasteiger partial charge in [-0.2, -0.15) is 0 Å². The van der Waals surface area contributed by atoms with E-state index in [9.17, 15) is 9.59 Å². The van der Waals surface area contributed by atoms with Gasteiger partial charge in [-0.05, 0) is 6.42 Å². The monoisotopic (exact) mass is 151 g/mol. The molecule has 0 aromatic rings. The van der Waals surface area contributed by atoms with Gasteiger partial charge in [0.1, 0.15) is 0 Å². The third-order valence-corrected chi connectivity index (χ3v) is 2.38. The first kappa shape index (κ1) is 6.58. The molecule has 1 heterocycles. The summed E-state index contributed by atoms with van der Waals surface area (Å²) in [5.41, 5.74) is 0. The molecule has 2 unspecified atom stereocenters. The van der Waals surface area contributed by atoms with Crippen LogP contribution in [-0.2, 0) is 9.59 Å². The number of rotatable bonds is 0. The van der Waals surface area contributed by atoms with Crippen LogP contribution < -0.4 is 0 Å². The Bertz CT molecular complexity index is 233. The van der Waals surface area contributed by atoms with Gasteiger partial charge in [0.25, 0.3) is 0 Å². The molecule has 2 atom stereocenters. The minimum Gasteiger partial charge on any atom is -0.285 e. The summed E-state index contributed by atoms with van der Waals surface area (Å²) in [6.45, 7) is 0. The maximum absolute atomic E-state index is 11.2. The fourth-order valence-electron chi connectivity index (χ4n) is 1.67. The smallest absolute Gasteiger partial charge is 0.235 e. The van der Waals surface area contributed by atoms with Crippen molar-refractivity contribution in [1.29, 1.82) is 0 Å². The van der Waals surface area contributed by atoms with Gasteiger partial charge >= 0.3 is 0 Å². The molecule has 2 amide bonds. The minimum atomic E-state index is -0.0556. The lowest BCUT2D eigenvalue weighted by atomic mass is 9.96. The van der Waals surface area contributed by atoms with Crippen molar-refractivity contribution >= 4 is 11.8 Å². The van der Waals surface area contributed by atoms with Crippen LogP contribution in [0.2, 0.25) is 0 Å². The Hall–Kier alpha value is -1.12. The normalized spacial score (nSPS) is 35.2. The number of piperidine rings is 1. The number of hydrogen-bond donors (Lipinski definition) is 0. The summed E-state index contributed by atoms with van der Waals surface area (Å²) in [6, 6.07) is 0. The van der Waals surface area contributed by atoms with Crippen LogP contribution in [0.15, 0.2) is 12.2 Å². The summed E-state index contributed by atoms with van der Waals surface area (Å²) in [7, 11) is 1.55. The van der Waals surface area contributed by atoms with Crippen LogP contribution in [0.4, 0.5) is 0 Å². The Morgan fingerprint density at radius 3 is 2.18 bits per heavy atom. The number of imide groups is 1. The first-order valence-corrected chi connectivity index (χ1v) is 3.70. The molecule has 1 aliphatic carbocycles. The average Bonchev–Trinajstić information content (AvgIpc) is 2.44. The molecule has 11 heavy (non-hydrogen) atoms. The lowest BCUT2D eigenvalue weighted by molar-refractivity contribution is -0.150. The maximum Gasteiger partial charge on any atom is 0.235 e. The summed E-state index contributed by atoms with van der Waals surface area (Å²) in [6.07, 6.45) is 4.38. The Labute approximate surface area is 64.7 Å². The van der Waals surface area contributed by atoms with Gasteiger partial charge in [0, 0.05) is 7.05 Å². The lowest BCUT2D eigenvalue weighted by Gasteiger charge is -2.25. The first-order valence-electron chi connectivity index (χ1n) is 3.70. The molecule has 3 nitrogen and oxygen atoms in total. The number of carbonyl (C=O) groups is 2. The number of hydrogen-bond acceptors (Lipinski definition) is 2. The van der Waals surface area contributed by atoms with Crippen molar-refractivity contribution in [2.24, 2.45) is 11.8 Å². The van der Waals surface area contributed by atoms with E-state index >= 15 is 0 Å². The van der Waals surface area contributed by atoms with Crippen molar-refractivity contribution in [3.8, 4) is 0 Å². The zero-order chi connectivity index (χ0) is 8.01. The second-order valence-corrected chi connectivity index (χ2v) is 3.07. The molecule has 0 aromatic carbocycles. The highest BCUT2D eigenvalue weighted by atomic mass is 16.2. The number of fused-ring (bicyclic) bond motifs is 2. The van der Waals surface area contributed by atoms with Crippen molar-refractivity contribution in [2.75, 3.05) is 7.05 Å². The second kappa shape index (κ2) is 1.94. The molecule has 1 aliphatic heterocycles. The standard InChI is InChI=1S/C8H9NO2/c1-9-7(10)5-2-3-6(4-5)8(9)11/h2-3,5-6H,4H2,1H3. The SMILES string of the molecule is CN1C(=O)C2C=CC(C2)C1=O. The quantitative estimate of drug-likeness (QED) is 0.366. The summed E-state index contributed by atoms with van der Waals surface area (Å²) in [5, 5.41) is 0. The highest BCUT2D eigenvalue weighted by molar-refractivity contribution is 6.02. The molecule has 0 spiro atoms. The van der Waals surface area contributed by atoms with Crippen LogP contribution in [0.5, 0.6) is 0 Å². The number of nitrogens with zero attached hydrogens (tertiary/aromatic N) is 1. The van der Waals surface area contributed by atoms with Crippen molar-refractivity contribution in [3.05, 3.63) is 12.2 Å². The van der Waals surface area contributed by atoms with Gasteiger partial charge in [-0.15, -0.1) is 0 Å². The molecule has 2 rings (SSSR count). The van der Waals surface area contributed by atoms with E-state index in [1.807, 2.05) is 12.2 Å². The topological polar surface area (TPSA) is 37.4 Å². The molecule has 58 valence electrons. The lowest BCUT2D eigenvalue weighted by Crippen LogP contribution is -2.43. The second-order valence-electron chi connectivity index (χ2n) is 3.07. The van der Waals surface area contributed by atoms with Gasteiger partial charge in [0.2, 0.25) is 11.8 Å². The van der Waals surface area contributed by atoms with Crippen molar-refractivity contribution < 1.29 is 9.59 Å². The third-order valence-electron chi connectivity index (χ3n) is 2.38. The van der Waals surface area contributed by atoms with Gasteiger partial charge in [-0.3, -0.25) is 14.5 Å². The molecular weight excluding hydrogens is 142 g/mol. The largest absolute Gasteiger partial charge is 0.285 e. The van der Waals surface area contributed by atoms with E-state index in [0.29, 0.717) is 6.42 Å². The van der Waals surface area contributed by atoms with Crippen molar-refractivity contribution in [1.82, 2.24) is 4.90 Å². The molecule has 0 N–H and O–H groups in total. The Balaban J connectivity index is 2.36. The van der Waals surface area contributed by atoms with Gasteiger partial charge < -0.3 is 0 Å². The summed E-state index contributed by atoms with van der Waals surface area (Å²) in [4.78, 5) is 23.7. The van der Waals surface area contributed by atoms with E-state index in [2.05, 4.69) is 0 Å². The summed E-state index contributed by atoms with van der Waals surface area (Å²) >= 11 is 0. The van der Waals surface area contributed by atoms with E-state index in [1.54, 1.807) is 7.05 Å². The van der Waals surface area contributed by atoms with Crippen LogP contribution in [0.25, 0.3) is 0 Å². The zero-order valence-electron chi connectivity index (χ0n) is 6.28. The van der Waals surface area contributed by atoms with Gasteiger partial charge in [0.15, 0.2) is 0 Å². The molecule has 1 fully saturated rings. The van der Waals surface area contributed by atoms with E-state index < -0.39 is 0 Å². The van der Waals surface area contributed by atoms with Crippen LogP contribution in [0.1, 0.15) is 6.42 Å². The van der Waals surface area contributed by atoms with Gasteiger partial charge in [0.05, 0.1) is 11.8 Å². The van der Waals surface area contributed by atoms with Gasteiger partial charge in [-0.25, -0.2) is 0 Å². The molecule has 0 aromatic heterocycles. The first-order chi connectivity index (χ1) is 5.20. The predicted molar refractivity (Wildman–Crippen MR) is 38.5 cm³/mol. The summed E-state index contributed by atoms with van der Waals surface area (Å²) < 4.78 is 0. The molecule has 1 saturated heterocycles. The zero-order valence-corrected chi connectivity index (χ0v) is 6.28. The Kier molecular flexibility index (Phi) is 1.16. The predicted octanol–water partition coefficient (Wildman–Crippen LogP) is 0.177. The van der Waals surface area contributed by atoms with E-state index in [4.69, 9.17) is 0 Å². The molecule has 2 aliphatic rings. The van der Waals surface area contributed by atoms with Crippen LogP contribution in [0.3, 0.4) is 0 Å². The van der Waals surface area contributed by atoms with E-state index in [0.717, 1.165) is 0 Å². The molecule has 2 bridgehead atoms. The average molecular weight is 151 g/mol. The third kappa shape index (κ3) is 0.737. The fourth-order valence-corrected chi connectivity index (χ4v) is 1.67. The van der Waals surface area contributed by atoms with Crippen molar-refractivity contribution in [3.63, 3.8) is 0 Å². The summed E-state index contributed by atoms with van der Waals surface area (Å²) in [5.74, 6) is -0.162. The van der Waals surface area contributed by atoms with Crippen LogP contribution in [-0.4, -0.2) is 23.8 Å². The molecule has 0 saturated carbocycles. The van der Waals surface area contributed by atoms with E-state index in [1.165, 1.54) is 4.90 Å². The van der Waals surface area contributed by atoms with Crippen molar-refractivity contribution in [2.45, 2.75) is 6.42 Å². The molecule has 0 radical (unpaired) electrons. The highest BCUT2D eigenvalue weighted by Gasteiger charge is 2.39.